The Morgan fingerprint density at radius 3 is 2.00 bits per heavy atom. The van der Waals surface area contributed by atoms with Crippen molar-refractivity contribution in [1.29, 1.82) is 0 Å². The second-order valence-electron chi connectivity index (χ2n) is 6.12. The van der Waals surface area contributed by atoms with E-state index < -0.39 is 0 Å². The lowest BCUT2D eigenvalue weighted by molar-refractivity contribution is -0.139. The summed E-state index contributed by atoms with van der Waals surface area (Å²) in [5.74, 6) is -0.269. The maximum Gasteiger partial charge on any atom is 0.333 e. The molecule has 2 nitrogen and oxygen atoms in total. The number of rotatable bonds is 15. The van der Waals surface area contributed by atoms with Crippen LogP contribution in [-0.2, 0) is 9.53 Å². The maximum atomic E-state index is 11.2. The van der Waals surface area contributed by atoms with Crippen LogP contribution in [0.15, 0.2) is 48.6 Å². The van der Waals surface area contributed by atoms with Gasteiger partial charge in [-0.25, -0.2) is 4.79 Å². The monoisotopic (exact) mass is 332 g/mol. The molecule has 0 bridgehead atoms. The molecule has 0 rings (SSSR count). The largest absolute Gasteiger partial charge is 0.462 e. The van der Waals surface area contributed by atoms with Crippen molar-refractivity contribution in [3.8, 4) is 0 Å². The Kier molecular flexibility index (Phi) is 16.6. The Hall–Kier alpha value is -1.57. The van der Waals surface area contributed by atoms with E-state index in [4.69, 9.17) is 4.74 Å². The van der Waals surface area contributed by atoms with Crippen LogP contribution >= 0.6 is 0 Å². The number of ether oxygens (including phenoxy) is 1. The van der Waals surface area contributed by atoms with Gasteiger partial charge in [0, 0.05) is 5.57 Å². The van der Waals surface area contributed by atoms with Crippen LogP contribution < -0.4 is 0 Å². The molecule has 0 amide bonds. The molecular formula is C22H36O2. The number of hydrogen-bond acceptors (Lipinski definition) is 2. The highest BCUT2D eigenvalue weighted by Gasteiger charge is 2.01. The Morgan fingerprint density at radius 2 is 1.38 bits per heavy atom. The van der Waals surface area contributed by atoms with Crippen molar-refractivity contribution < 1.29 is 9.53 Å². The Labute approximate surface area is 149 Å². The molecule has 0 atom stereocenters. The van der Waals surface area contributed by atoms with Gasteiger partial charge in [-0.15, -0.1) is 0 Å². The molecule has 0 heterocycles. The molecule has 0 aliphatic heterocycles. The van der Waals surface area contributed by atoms with Gasteiger partial charge in [-0.3, -0.25) is 0 Å². The zero-order valence-electron chi connectivity index (χ0n) is 15.8. The minimum absolute atomic E-state index is 0.269. The Balaban J connectivity index is 3.27. The Bertz CT molecular complexity index is 402. The van der Waals surface area contributed by atoms with E-state index in [1.165, 1.54) is 32.1 Å². The first kappa shape index (κ1) is 22.4. The molecule has 0 N–H and O–H groups in total. The summed E-state index contributed by atoms with van der Waals surface area (Å²) in [6.45, 7) is 7.92. The average Bonchev–Trinajstić information content (AvgIpc) is 2.57. The SMILES string of the molecule is C=C(C)C(=O)OCCCCCCCCC=CCC=CCC=CCC. The molecule has 0 fully saturated rings. The molecule has 136 valence electrons. The van der Waals surface area contributed by atoms with Crippen molar-refractivity contribution in [2.45, 2.75) is 78.1 Å². The normalized spacial score (nSPS) is 11.8. The van der Waals surface area contributed by atoms with Gasteiger partial charge >= 0.3 is 5.97 Å². The third-order valence-corrected chi connectivity index (χ3v) is 3.63. The predicted molar refractivity (Wildman–Crippen MR) is 105 cm³/mol. The lowest BCUT2D eigenvalue weighted by atomic mass is 10.1. The lowest BCUT2D eigenvalue weighted by Crippen LogP contribution is -2.05. The van der Waals surface area contributed by atoms with Crippen LogP contribution in [0.2, 0.25) is 0 Å². The van der Waals surface area contributed by atoms with Gasteiger partial charge in [0.2, 0.25) is 0 Å². The van der Waals surface area contributed by atoms with E-state index in [1.54, 1.807) is 6.92 Å². The zero-order chi connectivity index (χ0) is 17.9. The lowest BCUT2D eigenvalue weighted by Gasteiger charge is -2.04. The summed E-state index contributed by atoms with van der Waals surface area (Å²) in [5, 5.41) is 0. The third kappa shape index (κ3) is 16.8. The van der Waals surface area contributed by atoms with Gasteiger partial charge in [-0.05, 0) is 45.4 Å². The molecule has 0 radical (unpaired) electrons. The van der Waals surface area contributed by atoms with E-state index in [1.807, 2.05) is 0 Å². The first-order chi connectivity index (χ1) is 11.7. The minimum Gasteiger partial charge on any atom is -0.462 e. The maximum absolute atomic E-state index is 11.2. The van der Waals surface area contributed by atoms with Crippen molar-refractivity contribution in [3.63, 3.8) is 0 Å². The van der Waals surface area contributed by atoms with Crippen LogP contribution in [0.5, 0.6) is 0 Å². The average molecular weight is 333 g/mol. The number of unbranched alkanes of at least 4 members (excludes halogenated alkanes) is 6. The van der Waals surface area contributed by atoms with E-state index >= 15 is 0 Å². The van der Waals surface area contributed by atoms with E-state index in [2.05, 4.69) is 50.0 Å². The second kappa shape index (κ2) is 17.8. The smallest absolute Gasteiger partial charge is 0.333 e. The highest BCUT2D eigenvalue weighted by atomic mass is 16.5. The first-order valence-corrected chi connectivity index (χ1v) is 9.46. The number of hydrogen-bond donors (Lipinski definition) is 0. The molecule has 0 aromatic carbocycles. The summed E-state index contributed by atoms with van der Waals surface area (Å²) in [7, 11) is 0. The van der Waals surface area contributed by atoms with Crippen LogP contribution in [0.3, 0.4) is 0 Å². The quantitative estimate of drug-likeness (QED) is 0.144. The highest BCUT2D eigenvalue weighted by Crippen LogP contribution is 2.08. The molecule has 24 heavy (non-hydrogen) atoms. The predicted octanol–water partition coefficient (Wildman–Crippen LogP) is 6.70. The molecule has 0 unspecified atom stereocenters. The van der Waals surface area contributed by atoms with Crippen molar-refractivity contribution in [3.05, 3.63) is 48.6 Å². The molecular weight excluding hydrogens is 296 g/mol. The number of carbonyl (C=O) groups excluding carboxylic acids is 1. The molecule has 2 heteroatoms. The number of esters is 1. The fourth-order valence-corrected chi connectivity index (χ4v) is 2.19. The molecule has 0 aliphatic carbocycles. The van der Waals surface area contributed by atoms with Gasteiger partial charge in [0.15, 0.2) is 0 Å². The molecule has 0 aliphatic rings. The van der Waals surface area contributed by atoms with Gasteiger partial charge < -0.3 is 4.74 Å². The van der Waals surface area contributed by atoms with Crippen LogP contribution in [-0.4, -0.2) is 12.6 Å². The summed E-state index contributed by atoms with van der Waals surface area (Å²) in [5.41, 5.74) is 0.479. The Morgan fingerprint density at radius 1 is 0.833 bits per heavy atom. The summed E-state index contributed by atoms with van der Waals surface area (Å²) in [6.07, 6.45) is 25.0. The first-order valence-electron chi connectivity index (χ1n) is 9.46. The zero-order valence-corrected chi connectivity index (χ0v) is 15.8. The summed E-state index contributed by atoms with van der Waals surface area (Å²) < 4.78 is 5.07. The fraction of sp³-hybridized carbons (Fsp3) is 0.591. The van der Waals surface area contributed by atoms with Crippen LogP contribution in [0.1, 0.15) is 78.1 Å². The summed E-state index contributed by atoms with van der Waals surface area (Å²) in [4.78, 5) is 11.2. The van der Waals surface area contributed by atoms with Gasteiger partial charge in [0.1, 0.15) is 0 Å². The minimum atomic E-state index is -0.269. The van der Waals surface area contributed by atoms with Gasteiger partial charge in [-0.1, -0.05) is 75.6 Å². The summed E-state index contributed by atoms with van der Waals surface area (Å²) in [6, 6.07) is 0. The summed E-state index contributed by atoms with van der Waals surface area (Å²) >= 11 is 0. The number of allylic oxidation sites excluding steroid dienone is 6. The van der Waals surface area contributed by atoms with Crippen molar-refractivity contribution >= 4 is 5.97 Å². The standard InChI is InChI=1S/C22H36O2/c1-4-5-6-7-8-9-10-11-12-13-14-15-16-17-18-19-20-24-22(23)21(2)3/h5-6,8-9,11-12H,2,4,7,10,13-20H2,1,3H3. The van der Waals surface area contributed by atoms with Crippen LogP contribution in [0, 0.1) is 0 Å². The second-order valence-corrected chi connectivity index (χ2v) is 6.12. The highest BCUT2D eigenvalue weighted by molar-refractivity contribution is 5.86. The van der Waals surface area contributed by atoms with Crippen molar-refractivity contribution in [1.82, 2.24) is 0 Å². The van der Waals surface area contributed by atoms with Gasteiger partial charge in [-0.2, -0.15) is 0 Å². The van der Waals surface area contributed by atoms with E-state index in [0.717, 1.165) is 32.1 Å². The van der Waals surface area contributed by atoms with Crippen LogP contribution in [0.25, 0.3) is 0 Å². The number of carbonyl (C=O) groups is 1. The molecule has 0 saturated heterocycles. The van der Waals surface area contributed by atoms with E-state index in [0.29, 0.717) is 12.2 Å². The fourth-order valence-electron chi connectivity index (χ4n) is 2.19. The molecule has 0 spiro atoms. The molecule has 0 aromatic rings. The van der Waals surface area contributed by atoms with Gasteiger partial charge in [0.05, 0.1) is 6.61 Å². The van der Waals surface area contributed by atoms with E-state index in [-0.39, 0.29) is 5.97 Å². The topological polar surface area (TPSA) is 26.3 Å². The van der Waals surface area contributed by atoms with Crippen molar-refractivity contribution in [2.75, 3.05) is 6.61 Å². The molecule has 0 saturated carbocycles. The van der Waals surface area contributed by atoms with Crippen molar-refractivity contribution in [2.24, 2.45) is 0 Å². The van der Waals surface area contributed by atoms with E-state index in [9.17, 15) is 4.79 Å². The van der Waals surface area contributed by atoms with Gasteiger partial charge in [0.25, 0.3) is 0 Å². The van der Waals surface area contributed by atoms with Crippen LogP contribution in [0.4, 0.5) is 0 Å². The third-order valence-electron chi connectivity index (χ3n) is 3.63. The molecule has 0 aromatic heterocycles.